The molecule has 0 atom stereocenters. The predicted octanol–water partition coefficient (Wildman–Crippen LogP) is 3.47. The van der Waals surface area contributed by atoms with Gasteiger partial charge in [-0.05, 0) is 54.1 Å². The molecule has 0 heterocycles. The van der Waals surface area contributed by atoms with E-state index >= 15 is 0 Å². The Hall–Kier alpha value is -2.67. The number of hydrogen-bond acceptors (Lipinski definition) is 4. The summed E-state index contributed by atoms with van der Waals surface area (Å²) in [5, 5.41) is 4.31. The first-order chi connectivity index (χ1) is 11.5. The fourth-order valence-electron chi connectivity index (χ4n) is 1.63. The van der Waals surface area contributed by atoms with Crippen LogP contribution in [0.25, 0.3) is 0 Å². The molecule has 0 aliphatic heterocycles. The molecule has 1 N–H and O–H groups in total. The van der Waals surface area contributed by atoms with E-state index in [0.29, 0.717) is 16.3 Å². The molecule has 0 aliphatic carbocycles. The Morgan fingerprint density at radius 3 is 2.38 bits per heavy atom. The molecule has 8 heteroatoms. The third-order valence-electron chi connectivity index (χ3n) is 2.69. The zero-order valence-electron chi connectivity index (χ0n) is 12.3. The number of nitrogens with zero attached hydrogens (tertiary/aromatic N) is 1. The summed E-state index contributed by atoms with van der Waals surface area (Å²) in [5.41, 5.74) is 2.89. The van der Waals surface area contributed by atoms with Crippen molar-refractivity contribution in [2.24, 2.45) is 5.10 Å². The molecule has 0 radical (unpaired) electrons. The van der Waals surface area contributed by atoms with Crippen LogP contribution < -0.4 is 14.9 Å². The molecule has 1 amide bonds. The highest BCUT2D eigenvalue weighted by Crippen LogP contribution is 2.15. The van der Waals surface area contributed by atoms with Gasteiger partial charge in [0.2, 0.25) is 0 Å². The lowest BCUT2D eigenvalue weighted by molar-refractivity contribution is -0.123. The van der Waals surface area contributed by atoms with Gasteiger partial charge in [-0.3, -0.25) is 4.79 Å². The van der Waals surface area contributed by atoms with E-state index < -0.39 is 12.5 Å². The lowest BCUT2D eigenvalue weighted by Gasteiger charge is -2.05. The van der Waals surface area contributed by atoms with Crippen LogP contribution in [0, 0.1) is 0 Å². The van der Waals surface area contributed by atoms with Crippen molar-refractivity contribution in [3.63, 3.8) is 0 Å². The number of carbonyl (C=O) groups is 1. The Morgan fingerprint density at radius 1 is 1.12 bits per heavy atom. The standard InChI is InChI=1S/C16H13ClF2N2O3/c17-12-3-7-13(8-4-12)23-10-15(22)21-20-9-11-1-5-14(6-2-11)24-16(18)19/h1-9,16H,10H2,(H,21,22)/b20-9-. The van der Waals surface area contributed by atoms with E-state index in [0.717, 1.165) is 0 Å². The fourth-order valence-corrected chi connectivity index (χ4v) is 1.75. The van der Waals surface area contributed by atoms with E-state index in [9.17, 15) is 13.6 Å². The highest BCUT2D eigenvalue weighted by Gasteiger charge is 2.03. The first-order valence-electron chi connectivity index (χ1n) is 6.78. The first kappa shape index (κ1) is 17.7. The summed E-state index contributed by atoms with van der Waals surface area (Å²) >= 11 is 5.74. The number of hydrazone groups is 1. The Kier molecular flexibility index (Phi) is 6.51. The van der Waals surface area contributed by atoms with Gasteiger partial charge >= 0.3 is 6.61 Å². The van der Waals surface area contributed by atoms with Gasteiger partial charge in [0.15, 0.2) is 6.61 Å². The predicted molar refractivity (Wildman–Crippen MR) is 85.8 cm³/mol. The maximum atomic E-state index is 12.0. The lowest BCUT2D eigenvalue weighted by Crippen LogP contribution is -2.24. The van der Waals surface area contributed by atoms with Crippen molar-refractivity contribution in [2.45, 2.75) is 6.61 Å². The van der Waals surface area contributed by atoms with Crippen LogP contribution in [0.3, 0.4) is 0 Å². The first-order valence-corrected chi connectivity index (χ1v) is 7.16. The van der Waals surface area contributed by atoms with Gasteiger partial charge in [0.1, 0.15) is 11.5 Å². The summed E-state index contributed by atoms with van der Waals surface area (Å²) in [6.07, 6.45) is 1.37. The number of amides is 1. The van der Waals surface area contributed by atoms with Gasteiger partial charge in [-0.2, -0.15) is 13.9 Å². The van der Waals surface area contributed by atoms with Crippen LogP contribution in [0.5, 0.6) is 11.5 Å². The van der Waals surface area contributed by atoms with Crippen molar-refractivity contribution < 1.29 is 23.0 Å². The van der Waals surface area contributed by atoms with E-state index in [-0.39, 0.29) is 12.4 Å². The molecule has 0 unspecified atom stereocenters. The lowest BCUT2D eigenvalue weighted by atomic mass is 10.2. The minimum Gasteiger partial charge on any atom is -0.484 e. The molecule has 0 fully saturated rings. The molecule has 126 valence electrons. The SMILES string of the molecule is O=C(COc1ccc(Cl)cc1)N/N=C\c1ccc(OC(F)F)cc1. The normalized spacial score (nSPS) is 10.8. The number of carbonyl (C=O) groups excluding carboxylic acids is 1. The molecule has 0 saturated heterocycles. The van der Waals surface area contributed by atoms with Gasteiger partial charge in [-0.1, -0.05) is 11.6 Å². The minimum atomic E-state index is -2.87. The highest BCUT2D eigenvalue weighted by molar-refractivity contribution is 6.30. The van der Waals surface area contributed by atoms with Crippen LogP contribution in [0.1, 0.15) is 5.56 Å². The van der Waals surface area contributed by atoms with Crippen molar-refractivity contribution in [1.82, 2.24) is 5.43 Å². The van der Waals surface area contributed by atoms with Gasteiger partial charge < -0.3 is 9.47 Å². The second kappa shape index (κ2) is 8.83. The molecular formula is C16H13ClF2N2O3. The van der Waals surface area contributed by atoms with Crippen molar-refractivity contribution in [2.75, 3.05) is 6.61 Å². The molecule has 0 saturated carbocycles. The van der Waals surface area contributed by atoms with Gasteiger partial charge in [0, 0.05) is 5.02 Å². The molecule has 2 aromatic rings. The Labute approximate surface area is 141 Å². The summed E-state index contributed by atoms with van der Waals surface area (Å²) in [6, 6.07) is 12.4. The summed E-state index contributed by atoms with van der Waals surface area (Å²) in [5.74, 6) is 0.106. The number of nitrogens with one attached hydrogen (secondary N) is 1. The maximum absolute atomic E-state index is 12.0. The Balaban J connectivity index is 1.76. The zero-order valence-corrected chi connectivity index (χ0v) is 13.0. The number of hydrogen-bond donors (Lipinski definition) is 1. The molecule has 2 rings (SSSR count). The quantitative estimate of drug-likeness (QED) is 0.612. The minimum absolute atomic E-state index is 0.0440. The van der Waals surface area contributed by atoms with E-state index in [4.69, 9.17) is 16.3 Å². The molecule has 2 aromatic carbocycles. The molecule has 0 aromatic heterocycles. The zero-order chi connectivity index (χ0) is 17.4. The van der Waals surface area contributed by atoms with Crippen LogP contribution in [0.4, 0.5) is 8.78 Å². The van der Waals surface area contributed by atoms with Crippen molar-refractivity contribution in [3.05, 3.63) is 59.1 Å². The largest absolute Gasteiger partial charge is 0.484 e. The van der Waals surface area contributed by atoms with E-state index in [1.165, 1.54) is 30.5 Å². The van der Waals surface area contributed by atoms with Crippen molar-refractivity contribution in [1.29, 1.82) is 0 Å². The number of alkyl halides is 2. The van der Waals surface area contributed by atoms with Crippen LogP contribution >= 0.6 is 11.6 Å². The van der Waals surface area contributed by atoms with E-state index in [1.54, 1.807) is 24.3 Å². The number of benzene rings is 2. The van der Waals surface area contributed by atoms with Crippen LogP contribution in [-0.4, -0.2) is 25.3 Å². The Morgan fingerprint density at radius 2 is 1.75 bits per heavy atom. The van der Waals surface area contributed by atoms with E-state index in [1.807, 2.05) is 0 Å². The van der Waals surface area contributed by atoms with Crippen molar-refractivity contribution >= 4 is 23.7 Å². The third kappa shape index (κ3) is 6.21. The van der Waals surface area contributed by atoms with Crippen LogP contribution in [-0.2, 0) is 4.79 Å². The molecule has 0 aliphatic rings. The van der Waals surface area contributed by atoms with Gasteiger partial charge in [0.25, 0.3) is 5.91 Å². The third-order valence-corrected chi connectivity index (χ3v) is 2.94. The monoisotopic (exact) mass is 354 g/mol. The van der Waals surface area contributed by atoms with Gasteiger partial charge in [-0.15, -0.1) is 0 Å². The average Bonchev–Trinajstić information content (AvgIpc) is 2.55. The molecule has 5 nitrogen and oxygen atoms in total. The van der Waals surface area contributed by atoms with Crippen LogP contribution in [0.2, 0.25) is 5.02 Å². The summed E-state index contributed by atoms with van der Waals surface area (Å²) < 4.78 is 33.5. The summed E-state index contributed by atoms with van der Waals surface area (Å²) in [6.45, 7) is -3.08. The molecule has 24 heavy (non-hydrogen) atoms. The van der Waals surface area contributed by atoms with Gasteiger partial charge in [-0.25, -0.2) is 5.43 Å². The number of halogens is 3. The second-order valence-corrected chi connectivity index (χ2v) is 4.92. The maximum Gasteiger partial charge on any atom is 0.387 e. The average molecular weight is 355 g/mol. The smallest absolute Gasteiger partial charge is 0.387 e. The number of rotatable bonds is 7. The fraction of sp³-hybridized carbons (Fsp3) is 0.125. The van der Waals surface area contributed by atoms with Gasteiger partial charge in [0.05, 0.1) is 6.21 Å². The second-order valence-electron chi connectivity index (χ2n) is 4.48. The summed E-state index contributed by atoms with van der Waals surface area (Å²) in [7, 11) is 0. The number of ether oxygens (including phenoxy) is 2. The molecule has 0 spiro atoms. The molecule has 0 bridgehead atoms. The molecular weight excluding hydrogens is 342 g/mol. The van der Waals surface area contributed by atoms with E-state index in [2.05, 4.69) is 15.3 Å². The Bertz CT molecular complexity index is 691. The topological polar surface area (TPSA) is 59.9 Å². The van der Waals surface area contributed by atoms with Crippen LogP contribution in [0.15, 0.2) is 53.6 Å². The van der Waals surface area contributed by atoms with Crippen molar-refractivity contribution in [3.8, 4) is 11.5 Å². The summed E-state index contributed by atoms with van der Waals surface area (Å²) in [4.78, 5) is 11.6. The highest BCUT2D eigenvalue weighted by atomic mass is 35.5.